The molecule has 0 bridgehead atoms. The summed E-state index contributed by atoms with van der Waals surface area (Å²) in [6.45, 7) is 4.96. The van der Waals surface area contributed by atoms with Crippen LogP contribution in [0.25, 0.3) is 0 Å². The van der Waals surface area contributed by atoms with Crippen LogP contribution in [0.5, 0.6) is 0 Å². The summed E-state index contributed by atoms with van der Waals surface area (Å²) < 4.78 is 0.404. The molecule has 0 saturated heterocycles. The quantitative estimate of drug-likeness (QED) is 0.751. The van der Waals surface area contributed by atoms with Crippen LogP contribution in [-0.4, -0.2) is 35.0 Å². The molecule has 2 rings (SSSR count). The van der Waals surface area contributed by atoms with E-state index in [-0.39, 0.29) is 5.91 Å². The number of carbonyl (C=O) groups is 1. The summed E-state index contributed by atoms with van der Waals surface area (Å²) in [5.74, 6) is 0.697. The van der Waals surface area contributed by atoms with E-state index in [1.807, 2.05) is 17.8 Å². The largest absolute Gasteiger partial charge is 0.369 e. The third-order valence-corrected chi connectivity index (χ3v) is 4.68. The second-order valence-corrected chi connectivity index (χ2v) is 5.95. The van der Waals surface area contributed by atoms with Crippen molar-refractivity contribution in [2.45, 2.75) is 17.6 Å². The van der Waals surface area contributed by atoms with Gasteiger partial charge >= 0.3 is 0 Å². The maximum Gasteiger partial charge on any atom is 0.253 e. The molecule has 0 aliphatic heterocycles. The first-order valence-electron chi connectivity index (χ1n) is 6.33. The lowest BCUT2D eigenvalue weighted by molar-refractivity contribution is 0.0957. The van der Waals surface area contributed by atoms with Gasteiger partial charge in [0.1, 0.15) is 5.82 Å². The van der Waals surface area contributed by atoms with Crippen LogP contribution >= 0.6 is 11.8 Å². The fraction of sp³-hybridized carbons (Fsp3) is 0.429. The Kier molecular flexibility index (Phi) is 4.47. The molecular formula is C14H19N3OS. The van der Waals surface area contributed by atoms with Gasteiger partial charge in [0, 0.05) is 24.0 Å². The number of nitrogens with one attached hydrogen (secondary N) is 2. The topological polar surface area (TPSA) is 54.0 Å². The SMILES string of the molecule is C=CCNC(=O)c1ccc(NCC2(SC)CC2)nc1. The molecule has 4 nitrogen and oxygen atoms in total. The number of rotatable bonds is 7. The fourth-order valence-electron chi connectivity index (χ4n) is 1.74. The highest BCUT2D eigenvalue weighted by molar-refractivity contribution is 8.00. The highest BCUT2D eigenvalue weighted by Gasteiger charge is 2.41. The highest BCUT2D eigenvalue weighted by Crippen LogP contribution is 2.46. The predicted octanol–water partition coefficient (Wildman–Crippen LogP) is 2.30. The zero-order valence-electron chi connectivity index (χ0n) is 11.1. The van der Waals surface area contributed by atoms with Crippen molar-refractivity contribution in [3.63, 3.8) is 0 Å². The van der Waals surface area contributed by atoms with Gasteiger partial charge in [0.2, 0.25) is 0 Å². The van der Waals surface area contributed by atoms with Crippen LogP contribution in [0.3, 0.4) is 0 Å². The summed E-state index contributed by atoms with van der Waals surface area (Å²) in [6, 6.07) is 3.63. The van der Waals surface area contributed by atoms with Crippen LogP contribution in [0.1, 0.15) is 23.2 Å². The van der Waals surface area contributed by atoms with E-state index in [4.69, 9.17) is 0 Å². The van der Waals surface area contributed by atoms with E-state index in [9.17, 15) is 4.79 Å². The van der Waals surface area contributed by atoms with Crippen LogP contribution in [0.2, 0.25) is 0 Å². The third-order valence-electron chi connectivity index (χ3n) is 3.26. The Hall–Kier alpha value is -1.49. The van der Waals surface area contributed by atoms with Gasteiger partial charge < -0.3 is 10.6 Å². The first kappa shape index (κ1) is 13.9. The summed E-state index contributed by atoms with van der Waals surface area (Å²) in [4.78, 5) is 15.9. The molecule has 1 heterocycles. The molecule has 0 aromatic carbocycles. The molecule has 1 amide bonds. The number of hydrogen-bond acceptors (Lipinski definition) is 4. The molecule has 19 heavy (non-hydrogen) atoms. The Morgan fingerprint density at radius 3 is 2.89 bits per heavy atom. The number of anilines is 1. The van der Waals surface area contributed by atoms with Crippen LogP contribution < -0.4 is 10.6 Å². The second-order valence-electron chi connectivity index (χ2n) is 4.67. The van der Waals surface area contributed by atoms with Gasteiger partial charge in [0.05, 0.1) is 5.56 Å². The maximum absolute atomic E-state index is 11.7. The van der Waals surface area contributed by atoms with Crippen molar-refractivity contribution in [1.82, 2.24) is 10.3 Å². The first-order chi connectivity index (χ1) is 9.19. The zero-order chi connectivity index (χ0) is 13.7. The van der Waals surface area contributed by atoms with Crippen molar-refractivity contribution in [3.05, 3.63) is 36.5 Å². The summed E-state index contributed by atoms with van der Waals surface area (Å²) in [6.07, 6.45) is 7.93. The summed E-state index contributed by atoms with van der Waals surface area (Å²) in [7, 11) is 0. The number of thioether (sulfide) groups is 1. The lowest BCUT2D eigenvalue weighted by Crippen LogP contribution is -2.23. The van der Waals surface area contributed by atoms with Gasteiger partial charge in [-0.3, -0.25) is 4.79 Å². The summed E-state index contributed by atoms with van der Waals surface area (Å²) >= 11 is 1.91. The average Bonchev–Trinajstić information content (AvgIpc) is 3.24. The van der Waals surface area contributed by atoms with E-state index in [1.54, 1.807) is 18.3 Å². The van der Waals surface area contributed by atoms with Crippen molar-refractivity contribution in [3.8, 4) is 0 Å². The molecule has 0 atom stereocenters. The molecule has 5 heteroatoms. The minimum absolute atomic E-state index is 0.123. The van der Waals surface area contributed by atoms with Crippen LogP contribution in [-0.2, 0) is 0 Å². The number of aromatic nitrogens is 1. The molecule has 1 aromatic rings. The molecule has 0 radical (unpaired) electrons. The second kappa shape index (κ2) is 6.10. The smallest absolute Gasteiger partial charge is 0.253 e. The summed E-state index contributed by atoms with van der Waals surface area (Å²) in [5.41, 5.74) is 0.568. The Labute approximate surface area is 118 Å². The van der Waals surface area contributed by atoms with Crippen LogP contribution in [0, 0.1) is 0 Å². The minimum atomic E-state index is -0.123. The maximum atomic E-state index is 11.7. The van der Waals surface area contributed by atoms with Gasteiger partial charge in [-0.05, 0) is 31.2 Å². The van der Waals surface area contributed by atoms with Crippen LogP contribution in [0.15, 0.2) is 31.0 Å². The normalized spacial score (nSPS) is 15.6. The molecule has 2 N–H and O–H groups in total. The summed E-state index contributed by atoms with van der Waals surface area (Å²) in [5, 5.41) is 6.05. The molecule has 1 aliphatic carbocycles. The molecular weight excluding hydrogens is 258 g/mol. The lowest BCUT2D eigenvalue weighted by atomic mass is 10.2. The van der Waals surface area contributed by atoms with E-state index < -0.39 is 0 Å². The van der Waals surface area contributed by atoms with Crippen molar-refractivity contribution in [1.29, 1.82) is 0 Å². The number of carbonyl (C=O) groups excluding carboxylic acids is 1. The Bertz CT molecular complexity index is 454. The average molecular weight is 277 g/mol. The van der Waals surface area contributed by atoms with E-state index in [0.717, 1.165) is 12.4 Å². The first-order valence-corrected chi connectivity index (χ1v) is 7.56. The van der Waals surface area contributed by atoms with Crippen LogP contribution in [0.4, 0.5) is 5.82 Å². The molecule has 0 unspecified atom stereocenters. The van der Waals surface area contributed by atoms with Gasteiger partial charge in [-0.15, -0.1) is 6.58 Å². The van der Waals surface area contributed by atoms with E-state index >= 15 is 0 Å². The number of hydrogen-bond donors (Lipinski definition) is 2. The van der Waals surface area contributed by atoms with E-state index in [2.05, 4.69) is 28.5 Å². The number of nitrogens with zero attached hydrogens (tertiary/aromatic N) is 1. The molecule has 1 aliphatic rings. The highest BCUT2D eigenvalue weighted by atomic mass is 32.2. The predicted molar refractivity (Wildman–Crippen MR) is 80.7 cm³/mol. The van der Waals surface area contributed by atoms with Crippen molar-refractivity contribution >= 4 is 23.5 Å². The minimum Gasteiger partial charge on any atom is -0.369 e. The van der Waals surface area contributed by atoms with Gasteiger partial charge in [-0.1, -0.05) is 6.08 Å². The van der Waals surface area contributed by atoms with E-state index in [0.29, 0.717) is 16.9 Å². The molecule has 1 fully saturated rings. The molecule has 1 saturated carbocycles. The van der Waals surface area contributed by atoms with Crippen molar-refractivity contribution in [2.75, 3.05) is 24.7 Å². The van der Waals surface area contributed by atoms with Crippen molar-refractivity contribution < 1.29 is 4.79 Å². The molecule has 1 aromatic heterocycles. The molecule has 102 valence electrons. The zero-order valence-corrected chi connectivity index (χ0v) is 11.9. The van der Waals surface area contributed by atoms with Gasteiger partial charge in [0.25, 0.3) is 5.91 Å². The van der Waals surface area contributed by atoms with Crippen molar-refractivity contribution in [2.24, 2.45) is 0 Å². The third kappa shape index (κ3) is 3.73. The van der Waals surface area contributed by atoms with Gasteiger partial charge in [-0.25, -0.2) is 4.98 Å². The Balaban J connectivity index is 1.87. The standard InChI is InChI=1S/C14H19N3OS/c1-3-8-15-13(18)11-4-5-12(16-9-11)17-10-14(19-2)6-7-14/h3-5,9H,1,6-8,10H2,2H3,(H,15,18)(H,16,17). The van der Waals surface area contributed by atoms with E-state index in [1.165, 1.54) is 12.8 Å². The van der Waals surface area contributed by atoms with Gasteiger partial charge in [-0.2, -0.15) is 11.8 Å². The Morgan fingerprint density at radius 2 is 2.37 bits per heavy atom. The Morgan fingerprint density at radius 1 is 1.58 bits per heavy atom. The monoisotopic (exact) mass is 277 g/mol. The number of pyridine rings is 1. The fourth-order valence-corrected chi connectivity index (χ4v) is 2.47. The molecule has 0 spiro atoms. The lowest BCUT2D eigenvalue weighted by Gasteiger charge is -2.13. The number of amides is 1. The van der Waals surface area contributed by atoms with Gasteiger partial charge in [0.15, 0.2) is 0 Å².